The normalized spacial score (nSPS) is 11.0. The van der Waals surface area contributed by atoms with Crippen LogP contribution in [0.15, 0.2) is 78.0 Å². The number of aromatic nitrogens is 1. The molecular weight excluding hydrogens is 418 g/mol. The van der Waals surface area contributed by atoms with Crippen molar-refractivity contribution in [1.29, 1.82) is 0 Å². The van der Waals surface area contributed by atoms with Gasteiger partial charge in [-0.2, -0.15) is 0 Å². The molecule has 0 bridgehead atoms. The van der Waals surface area contributed by atoms with E-state index in [0.29, 0.717) is 23.8 Å². The molecule has 0 atom stereocenters. The molecule has 1 aromatic heterocycles. The molecule has 0 aliphatic rings. The summed E-state index contributed by atoms with van der Waals surface area (Å²) in [6.45, 7) is 2.50. The molecule has 3 rings (SSSR count). The summed E-state index contributed by atoms with van der Waals surface area (Å²) >= 11 is 0. The lowest BCUT2D eigenvalue weighted by Gasteiger charge is -2.09. The van der Waals surface area contributed by atoms with Crippen LogP contribution in [0.25, 0.3) is 0 Å². The van der Waals surface area contributed by atoms with E-state index in [4.69, 9.17) is 9.47 Å². The van der Waals surface area contributed by atoms with Gasteiger partial charge in [0.25, 0.3) is 0 Å². The van der Waals surface area contributed by atoms with Crippen molar-refractivity contribution in [2.45, 2.75) is 18.2 Å². The van der Waals surface area contributed by atoms with Crippen molar-refractivity contribution in [3.63, 3.8) is 0 Å². The molecule has 0 spiro atoms. The first-order valence-corrected chi connectivity index (χ1v) is 11.1. The SMILES string of the molecule is CCOc1ccc(Oc2ccc(NC(=O)CCNS(=O)(=O)c3cccnc3)cc2)cc1. The van der Waals surface area contributed by atoms with Crippen molar-refractivity contribution in [1.82, 2.24) is 9.71 Å². The lowest BCUT2D eigenvalue weighted by Crippen LogP contribution is -2.27. The van der Waals surface area contributed by atoms with Gasteiger partial charge in [0.05, 0.1) is 6.61 Å². The van der Waals surface area contributed by atoms with E-state index >= 15 is 0 Å². The molecule has 0 fully saturated rings. The Hall–Kier alpha value is -3.43. The minimum absolute atomic E-state index is 0.01000. The average molecular weight is 442 g/mol. The van der Waals surface area contributed by atoms with Crippen molar-refractivity contribution < 1.29 is 22.7 Å². The molecule has 0 aliphatic carbocycles. The number of carbonyl (C=O) groups is 1. The number of hydrogen-bond acceptors (Lipinski definition) is 6. The summed E-state index contributed by atoms with van der Waals surface area (Å²) in [5, 5.41) is 2.72. The first-order chi connectivity index (χ1) is 15.0. The zero-order valence-electron chi connectivity index (χ0n) is 16.9. The third-order valence-electron chi connectivity index (χ3n) is 4.10. The molecule has 1 heterocycles. The maximum absolute atomic E-state index is 12.1. The number of sulfonamides is 1. The molecule has 0 aliphatic heterocycles. The van der Waals surface area contributed by atoms with Crippen molar-refractivity contribution in [2.75, 3.05) is 18.5 Å². The predicted octanol–water partition coefficient (Wildman–Crippen LogP) is 3.58. The van der Waals surface area contributed by atoms with Crippen LogP contribution in [0.4, 0.5) is 5.69 Å². The lowest BCUT2D eigenvalue weighted by molar-refractivity contribution is -0.116. The zero-order valence-corrected chi connectivity index (χ0v) is 17.8. The molecule has 1 amide bonds. The van der Waals surface area contributed by atoms with Crippen LogP contribution in [0, 0.1) is 0 Å². The van der Waals surface area contributed by atoms with Gasteiger partial charge in [-0.25, -0.2) is 13.1 Å². The van der Waals surface area contributed by atoms with Crippen molar-refractivity contribution in [2.24, 2.45) is 0 Å². The Kier molecular flexibility index (Phi) is 7.58. The number of benzene rings is 2. The Labute approximate surface area is 181 Å². The van der Waals surface area contributed by atoms with E-state index in [1.165, 1.54) is 24.5 Å². The highest BCUT2D eigenvalue weighted by molar-refractivity contribution is 7.89. The molecule has 2 N–H and O–H groups in total. The van der Waals surface area contributed by atoms with E-state index in [1.54, 1.807) is 24.3 Å². The van der Waals surface area contributed by atoms with E-state index in [-0.39, 0.29) is 23.8 Å². The van der Waals surface area contributed by atoms with Gasteiger partial charge in [-0.3, -0.25) is 9.78 Å². The molecule has 0 saturated heterocycles. The van der Waals surface area contributed by atoms with E-state index in [0.717, 1.165) is 5.75 Å². The first kappa shape index (κ1) is 22.3. The van der Waals surface area contributed by atoms with Gasteiger partial charge in [-0.1, -0.05) is 0 Å². The third-order valence-corrected chi connectivity index (χ3v) is 5.54. The molecule has 0 unspecified atom stereocenters. The van der Waals surface area contributed by atoms with Gasteiger partial charge in [-0.15, -0.1) is 0 Å². The Morgan fingerprint density at radius 2 is 1.61 bits per heavy atom. The highest BCUT2D eigenvalue weighted by Crippen LogP contribution is 2.25. The second-order valence-corrected chi connectivity index (χ2v) is 8.18. The van der Waals surface area contributed by atoms with Crippen molar-refractivity contribution >= 4 is 21.6 Å². The first-order valence-electron chi connectivity index (χ1n) is 9.66. The number of amides is 1. The van der Waals surface area contributed by atoms with Gasteiger partial charge >= 0.3 is 0 Å². The maximum Gasteiger partial charge on any atom is 0.242 e. The number of ether oxygens (including phenoxy) is 2. The smallest absolute Gasteiger partial charge is 0.242 e. The Balaban J connectivity index is 1.46. The minimum atomic E-state index is -3.69. The number of nitrogens with zero attached hydrogens (tertiary/aromatic N) is 1. The topological polar surface area (TPSA) is 107 Å². The molecule has 2 aromatic carbocycles. The molecule has 162 valence electrons. The third kappa shape index (κ3) is 6.80. The summed E-state index contributed by atoms with van der Waals surface area (Å²) in [7, 11) is -3.69. The van der Waals surface area contributed by atoms with E-state index < -0.39 is 10.0 Å². The number of pyridine rings is 1. The standard InChI is InChI=1S/C22H23N3O5S/c1-2-29-18-9-11-20(12-10-18)30-19-7-5-17(6-8-19)25-22(26)13-15-24-31(27,28)21-4-3-14-23-16-21/h3-12,14,16,24H,2,13,15H2,1H3,(H,25,26). The molecular formula is C22H23N3O5S. The van der Waals surface area contributed by atoms with Crippen LogP contribution in [-0.2, 0) is 14.8 Å². The van der Waals surface area contributed by atoms with E-state index in [1.807, 2.05) is 31.2 Å². The van der Waals surface area contributed by atoms with Crippen LogP contribution in [-0.4, -0.2) is 32.5 Å². The van der Waals surface area contributed by atoms with Gasteiger partial charge in [0.1, 0.15) is 22.1 Å². The van der Waals surface area contributed by atoms with Gasteiger partial charge in [-0.05, 0) is 67.6 Å². The molecule has 0 radical (unpaired) electrons. The Bertz CT molecular complexity index is 1090. The number of carbonyl (C=O) groups excluding carboxylic acids is 1. The molecule has 9 heteroatoms. The fourth-order valence-electron chi connectivity index (χ4n) is 2.62. The summed E-state index contributed by atoms with van der Waals surface area (Å²) in [5.41, 5.74) is 0.583. The van der Waals surface area contributed by atoms with Crippen LogP contribution >= 0.6 is 0 Å². The molecule has 8 nitrogen and oxygen atoms in total. The van der Waals surface area contributed by atoms with Crippen LogP contribution in [0.2, 0.25) is 0 Å². The molecule has 0 saturated carbocycles. The van der Waals surface area contributed by atoms with Crippen LogP contribution < -0.4 is 19.5 Å². The maximum atomic E-state index is 12.1. The number of anilines is 1. The number of rotatable bonds is 10. The predicted molar refractivity (Wildman–Crippen MR) is 117 cm³/mol. The number of hydrogen-bond donors (Lipinski definition) is 2. The minimum Gasteiger partial charge on any atom is -0.494 e. The zero-order chi connectivity index (χ0) is 22.1. The summed E-state index contributed by atoms with van der Waals surface area (Å²) < 4.78 is 37.8. The summed E-state index contributed by atoms with van der Waals surface area (Å²) in [6.07, 6.45) is 2.73. The summed E-state index contributed by atoms with van der Waals surface area (Å²) in [6, 6.07) is 17.1. The Morgan fingerprint density at radius 3 is 2.23 bits per heavy atom. The van der Waals surface area contributed by atoms with Gasteiger partial charge < -0.3 is 14.8 Å². The van der Waals surface area contributed by atoms with Crippen LogP contribution in [0.3, 0.4) is 0 Å². The van der Waals surface area contributed by atoms with Crippen LogP contribution in [0.5, 0.6) is 17.2 Å². The highest BCUT2D eigenvalue weighted by atomic mass is 32.2. The van der Waals surface area contributed by atoms with Crippen molar-refractivity contribution in [3.05, 3.63) is 73.1 Å². The van der Waals surface area contributed by atoms with Gasteiger partial charge in [0.15, 0.2) is 0 Å². The quantitative estimate of drug-likeness (QED) is 0.498. The fourth-order valence-corrected chi connectivity index (χ4v) is 3.62. The summed E-state index contributed by atoms with van der Waals surface area (Å²) in [4.78, 5) is 15.9. The second kappa shape index (κ2) is 10.6. The van der Waals surface area contributed by atoms with Gasteiger partial charge in [0, 0.05) is 31.0 Å². The monoisotopic (exact) mass is 441 g/mol. The average Bonchev–Trinajstić information content (AvgIpc) is 2.77. The number of nitrogens with one attached hydrogen (secondary N) is 2. The van der Waals surface area contributed by atoms with Crippen molar-refractivity contribution in [3.8, 4) is 17.2 Å². The molecule has 3 aromatic rings. The van der Waals surface area contributed by atoms with E-state index in [9.17, 15) is 13.2 Å². The molecule has 31 heavy (non-hydrogen) atoms. The fraction of sp³-hybridized carbons (Fsp3) is 0.182. The van der Waals surface area contributed by atoms with E-state index in [2.05, 4.69) is 15.0 Å². The van der Waals surface area contributed by atoms with Gasteiger partial charge in [0.2, 0.25) is 15.9 Å². The largest absolute Gasteiger partial charge is 0.494 e. The summed E-state index contributed by atoms with van der Waals surface area (Å²) in [5.74, 6) is 1.75. The highest BCUT2D eigenvalue weighted by Gasteiger charge is 2.14. The Morgan fingerprint density at radius 1 is 0.968 bits per heavy atom. The second-order valence-electron chi connectivity index (χ2n) is 6.42. The van der Waals surface area contributed by atoms with Crippen LogP contribution in [0.1, 0.15) is 13.3 Å². The lowest BCUT2D eigenvalue weighted by atomic mass is 10.3.